The van der Waals surface area contributed by atoms with Crippen LogP contribution in [0.1, 0.15) is 32.6 Å². The third-order valence-corrected chi connectivity index (χ3v) is 2.49. The highest BCUT2D eigenvalue weighted by molar-refractivity contribution is 5.18. The van der Waals surface area contributed by atoms with Crippen molar-refractivity contribution in [1.82, 2.24) is 5.32 Å². The Labute approximate surface area is 87.3 Å². The Morgan fingerprint density at radius 3 is 2.07 bits per heavy atom. The lowest BCUT2D eigenvalue weighted by atomic mass is 9.95. The van der Waals surface area contributed by atoms with E-state index in [1.54, 1.807) is 0 Å². The van der Waals surface area contributed by atoms with E-state index < -0.39 is 0 Å². The van der Waals surface area contributed by atoms with E-state index in [1.165, 1.54) is 32.4 Å². The molecule has 1 saturated heterocycles. The first-order chi connectivity index (χ1) is 6.71. The van der Waals surface area contributed by atoms with Crippen molar-refractivity contribution in [3.05, 3.63) is 24.3 Å². The van der Waals surface area contributed by atoms with Crippen LogP contribution in [0.5, 0.6) is 0 Å². The van der Waals surface area contributed by atoms with Gasteiger partial charge in [-0.2, -0.15) is 0 Å². The summed E-state index contributed by atoms with van der Waals surface area (Å²) in [6.45, 7) is 4.52. The van der Waals surface area contributed by atoms with Gasteiger partial charge < -0.3 is 11.1 Å². The van der Waals surface area contributed by atoms with Gasteiger partial charge in [0.15, 0.2) is 0 Å². The number of nitrogens with two attached hydrogens (primary N) is 1. The minimum atomic E-state index is -0.0885. The lowest BCUT2D eigenvalue weighted by Gasteiger charge is -2.19. The molecule has 2 nitrogen and oxygen atoms in total. The highest BCUT2D eigenvalue weighted by Crippen LogP contribution is 2.11. The van der Waals surface area contributed by atoms with Crippen LogP contribution in [-0.2, 0) is 0 Å². The van der Waals surface area contributed by atoms with Crippen molar-refractivity contribution < 1.29 is 0 Å². The summed E-state index contributed by atoms with van der Waals surface area (Å²) in [6.07, 6.45) is 13.3. The molecule has 0 aromatic carbocycles. The summed E-state index contributed by atoms with van der Waals surface area (Å²) in [7, 11) is 0. The normalized spacial score (nSPS) is 30.7. The maximum absolute atomic E-state index is 5.74. The average Bonchev–Trinajstić information content (AvgIpc) is 2.21. The van der Waals surface area contributed by atoms with Gasteiger partial charge in [0.05, 0.1) is 0 Å². The van der Waals surface area contributed by atoms with Crippen LogP contribution in [0.4, 0.5) is 0 Å². The van der Waals surface area contributed by atoms with Gasteiger partial charge in [-0.1, -0.05) is 30.7 Å². The zero-order valence-corrected chi connectivity index (χ0v) is 9.13. The quantitative estimate of drug-likeness (QED) is 0.619. The molecule has 1 aliphatic heterocycles. The zero-order valence-electron chi connectivity index (χ0n) is 9.13. The molecule has 0 spiro atoms. The number of piperidine rings is 1. The second-order valence-electron chi connectivity index (χ2n) is 4.31. The molecule has 0 radical (unpaired) electrons. The van der Waals surface area contributed by atoms with E-state index in [4.69, 9.17) is 5.73 Å². The lowest BCUT2D eigenvalue weighted by Crippen LogP contribution is -2.33. The molecule has 3 N–H and O–H groups in total. The second-order valence-corrected chi connectivity index (χ2v) is 4.31. The van der Waals surface area contributed by atoms with Crippen molar-refractivity contribution in [2.75, 3.05) is 13.1 Å². The molecule has 0 saturated carbocycles. The molecule has 2 heteroatoms. The Kier molecular flexibility index (Phi) is 4.91. The van der Waals surface area contributed by atoms with Gasteiger partial charge >= 0.3 is 0 Å². The van der Waals surface area contributed by atoms with Crippen LogP contribution in [0, 0.1) is 0 Å². The maximum Gasteiger partial charge on any atom is 0.0348 e. The standard InChI is InChI=1S/C7H11N.C5H11N/c1-7(8)5-3-2-4-6-7;1-2-4-6-5-3-1/h2-5H,6,8H2,1H3;6H,1-5H2. The molecule has 2 rings (SSSR count). The van der Waals surface area contributed by atoms with Gasteiger partial charge in [0.1, 0.15) is 0 Å². The first-order valence-electron chi connectivity index (χ1n) is 5.55. The van der Waals surface area contributed by atoms with Crippen molar-refractivity contribution >= 4 is 0 Å². The minimum Gasteiger partial charge on any atom is -0.322 e. The van der Waals surface area contributed by atoms with E-state index in [1.807, 2.05) is 25.2 Å². The van der Waals surface area contributed by atoms with Crippen molar-refractivity contribution in [3.8, 4) is 0 Å². The molecule has 0 amide bonds. The van der Waals surface area contributed by atoms with E-state index in [9.17, 15) is 0 Å². The van der Waals surface area contributed by atoms with Gasteiger partial charge in [-0.25, -0.2) is 0 Å². The van der Waals surface area contributed by atoms with Crippen LogP contribution < -0.4 is 11.1 Å². The molecule has 1 fully saturated rings. The van der Waals surface area contributed by atoms with E-state index in [2.05, 4.69) is 11.4 Å². The largest absolute Gasteiger partial charge is 0.322 e. The summed E-state index contributed by atoms with van der Waals surface area (Å²) in [5.41, 5.74) is 5.65. The van der Waals surface area contributed by atoms with E-state index in [-0.39, 0.29) is 5.54 Å². The molecule has 0 aromatic heterocycles. The summed E-state index contributed by atoms with van der Waals surface area (Å²) in [6, 6.07) is 0. The number of hydrogen-bond acceptors (Lipinski definition) is 2. The van der Waals surface area contributed by atoms with Gasteiger partial charge in [-0.05, 0) is 39.3 Å². The third kappa shape index (κ3) is 5.20. The predicted octanol–water partition coefficient (Wildman–Crippen LogP) is 1.98. The summed E-state index contributed by atoms with van der Waals surface area (Å²) < 4.78 is 0. The molecular weight excluding hydrogens is 172 g/mol. The van der Waals surface area contributed by atoms with Gasteiger partial charge in [-0.3, -0.25) is 0 Å². The van der Waals surface area contributed by atoms with Crippen LogP contribution >= 0.6 is 0 Å². The van der Waals surface area contributed by atoms with Crippen molar-refractivity contribution in [2.24, 2.45) is 5.73 Å². The average molecular weight is 194 g/mol. The SMILES string of the molecule is C1CCNCC1.CC1(N)C=CC=CC1. The molecule has 2 aliphatic rings. The molecule has 0 aromatic rings. The topological polar surface area (TPSA) is 38.0 Å². The number of hydrogen-bond donors (Lipinski definition) is 2. The molecule has 14 heavy (non-hydrogen) atoms. The lowest BCUT2D eigenvalue weighted by molar-refractivity contribution is 0.520. The summed E-state index contributed by atoms with van der Waals surface area (Å²) >= 11 is 0. The van der Waals surface area contributed by atoms with Gasteiger partial charge in [-0.15, -0.1) is 0 Å². The monoisotopic (exact) mass is 194 g/mol. The first kappa shape index (κ1) is 11.5. The Bertz CT molecular complexity index is 189. The van der Waals surface area contributed by atoms with Gasteiger partial charge in [0.2, 0.25) is 0 Å². The van der Waals surface area contributed by atoms with Crippen molar-refractivity contribution in [2.45, 2.75) is 38.1 Å². The Balaban J connectivity index is 0.000000146. The zero-order chi connectivity index (χ0) is 10.3. The van der Waals surface area contributed by atoms with E-state index in [0.29, 0.717) is 0 Å². The van der Waals surface area contributed by atoms with Gasteiger partial charge in [0, 0.05) is 5.54 Å². The minimum absolute atomic E-state index is 0.0885. The molecule has 80 valence electrons. The van der Waals surface area contributed by atoms with Crippen molar-refractivity contribution in [1.29, 1.82) is 0 Å². The Morgan fingerprint density at radius 2 is 1.86 bits per heavy atom. The number of nitrogens with one attached hydrogen (secondary N) is 1. The number of rotatable bonds is 0. The highest BCUT2D eigenvalue weighted by Gasteiger charge is 2.12. The van der Waals surface area contributed by atoms with Crippen LogP contribution in [0.25, 0.3) is 0 Å². The molecule has 0 bridgehead atoms. The maximum atomic E-state index is 5.74. The highest BCUT2D eigenvalue weighted by atomic mass is 14.9. The smallest absolute Gasteiger partial charge is 0.0348 e. The van der Waals surface area contributed by atoms with Crippen molar-refractivity contribution in [3.63, 3.8) is 0 Å². The third-order valence-electron chi connectivity index (χ3n) is 2.49. The molecule has 1 unspecified atom stereocenters. The van der Waals surface area contributed by atoms with Crippen LogP contribution in [0.2, 0.25) is 0 Å². The van der Waals surface area contributed by atoms with E-state index >= 15 is 0 Å². The summed E-state index contributed by atoms with van der Waals surface area (Å²) in [5.74, 6) is 0. The number of allylic oxidation sites excluding steroid dienone is 2. The van der Waals surface area contributed by atoms with Crippen LogP contribution in [-0.4, -0.2) is 18.6 Å². The predicted molar refractivity (Wildman–Crippen MR) is 62.2 cm³/mol. The fourth-order valence-electron chi connectivity index (χ4n) is 1.55. The molecule has 1 aliphatic carbocycles. The fourth-order valence-corrected chi connectivity index (χ4v) is 1.55. The molecule has 1 atom stereocenters. The van der Waals surface area contributed by atoms with Crippen LogP contribution in [0.3, 0.4) is 0 Å². The van der Waals surface area contributed by atoms with E-state index in [0.717, 1.165) is 6.42 Å². The van der Waals surface area contributed by atoms with Crippen LogP contribution in [0.15, 0.2) is 24.3 Å². The Morgan fingerprint density at radius 1 is 1.14 bits per heavy atom. The Hall–Kier alpha value is -0.600. The summed E-state index contributed by atoms with van der Waals surface area (Å²) in [5, 5.41) is 3.28. The second kappa shape index (κ2) is 5.99. The summed E-state index contributed by atoms with van der Waals surface area (Å²) in [4.78, 5) is 0. The van der Waals surface area contributed by atoms with Gasteiger partial charge in [0.25, 0.3) is 0 Å². The molecule has 1 heterocycles. The molecular formula is C12H22N2. The fraction of sp³-hybridized carbons (Fsp3) is 0.667. The first-order valence-corrected chi connectivity index (χ1v) is 5.55.